The van der Waals surface area contributed by atoms with Crippen molar-refractivity contribution in [1.29, 1.82) is 0 Å². The molecule has 0 fully saturated rings. The van der Waals surface area contributed by atoms with Gasteiger partial charge in [0.15, 0.2) is 0 Å². The zero-order valence-corrected chi connectivity index (χ0v) is 12.3. The van der Waals surface area contributed by atoms with E-state index in [-0.39, 0.29) is 0 Å². The number of nitrogens with one attached hydrogen (secondary N) is 1. The first kappa shape index (κ1) is 13.9. The summed E-state index contributed by atoms with van der Waals surface area (Å²) in [5.74, 6) is 1.05. The van der Waals surface area contributed by atoms with Gasteiger partial charge in [0.1, 0.15) is 11.9 Å². The number of H-pyrrole nitrogens is 1. The number of aliphatic hydroxyl groups is 1. The molecule has 0 aliphatic heterocycles. The molecule has 2 N–H and O–H groups in total. The molecule has 0 saturated carbocycles. The minimum atomic E-state index is -0.634. The fourth-order valence-corrected chi connectivity index (χ4v) is 2.36. The lowest BCUT2D eigenvalue weighted by Gasteiger charge is -2.06. The minimum absolute atomic E-state index is 0.503. The van der Waals surface area contributed by atoms with E-state index in [0.29, 0.717) is 16.7 Å². The summed E-state index contributed by atoms with van der Waals surface area (Å²) in [6, 6.07) is 7.54. The summed E-state index contributed by atoms with van der Waals surface area (Å²) in [4.78, 5) is 11.5. The topological polar surface area (TPSA) is 71.0 Å². The Kier molecular flexibility index (Phi) is 3.53. The summed E-state index contributed by atoms with van der Waals surface area (Å²) in [6.45, 7) is 1.67. The highest BCUT2D eigenvalue weighted by atomic mass is 35.5. The highest BCUT2D eigenvalue weighted by Gasteiger charge is 2.11. The van der Waals surface area contributed by atoms with Gasteiger partial charge in [-0.2, -0.15) is 0 Å². The number of aromatic nitrogens is 3. The van der Waals surface area contributed by atoms with Gasteiger partial charge in [-0.1, -0.05) is 17.7 Å². The lowest BCUT2D eigenvalue weighted by atomic mass is 10.1. The number of nitrogens with zero attached hydrogens (tertiary/aromatic N) is 2. The predicted octanol–water partition coefficient (Wildman–Crippen LogP) is 3.34. The number of benzene rings is 1. The number of rotatable bonds is 3. The number of pyridine rings is 1. The monoisotopic (exact) mass is 303 g/mol. The number of aromatic amines is 1. The Labute approximate surface area is 126 Å². The molecular weight excluding hydrogens is 290 g/mol. The zero-order chi connectivity index (χ0) is 15.0. The van der Waals surface area contributed by atoms with Crippen molar-refractivity contribution in [1.82, 2.24) is 15.0 Å². The molecule has 0 saturated heterocycles. The molecule has 0 spiro atoms. The van der Waals surface area contributed by atoms with E-state index < -0.39 is 6.10 Å². The van der Waals surface area contributed by atoms with Crippen LogP contribution in [-0.4, -0.2) is 27.2 Å². The van der Waals surface area contributed by atoms with Gasteiger partial charge in [-0.25, -0.2) is 9.97 Å². The molecule has 0 unspecified atom stereocenters. The van der Waals surface area contributed by atoms with E-state index in [1.54, 1.807) is 26.3 Å². The highest BCUT2D eigenvalue weighted by molar-refractivity contribution is 6.33. The van der Waals surface area contributed by atoms with Crippen LogP contribution in [-0.2, 0) is 0 Å². The van der Waals surface area contributed by atoms with Gasteiger partial charge in [-0.3, -0.25) is 0 Å². The number of hydrogen-bond donors (Lipinski definition) is 2. The summed E-state index contributed by atoms with van der Waals surface area (Å²) in [6.07, 6.45) is 0.930. The zero-order valence-electron chi connectivity index (χ0n) is 11.6. The number of imidazole rings is 1. The quantitative estimate of drug-likeness (QED) is 0.778. The van der Waals surface area contributed by atoms with E-state index in [2.05, 4.69) is 15.0 Å². The third-order valence-corrected chi connectivity index (χ3v) is 3.55. The molecule has 2 heterocycles. The fourth-order valence-electron chi connectivity index (χ4n) is 2.15. The Balaban J connectivity index is 2.12. The van der Waals surface area contributed by atoms with Crippen molar-refractivity contribution in [2.45, 2.75) is 13.0 Å². The molecular formula is C15H14ClN3O2. The van der Waals surface area contributed by atoms with Gasteiger partial charge in [0.2, 0.25) is 5.88 Å². The van der Waals surface area contributed by atoms with Crippen LogP contribution in [0.15, 0.2) is 30.5 Å². The number of hydrogen-bond acceptors (Lipinski definition) is 4. The second-order valence-corrected chi connectivity index (χ2v) is 5.14. The largest absolute Gasteiger partial charge is 0.481 e. The lowest BCUT2D eigenvalue weighted by molar-refractivity contribution is 0.190. The maximum Gasteiger partial charge on any atom is 0.213 e. The van der Waals surface area contributed by atoms with Gasteiger partial charge in [-0.05, 0) is 24.6 Å². The van der Waals surface area contributed by atoms with Crippen molar-refractivity contribution in [3.05, 3.63) is 41.3 Å². The van der Waals surface area contributed by atoms with Crippen LogP contribution in [0.5, 0.6) is 5.88 Å². The number of aliphatic hydroxyl groups excluding tert-OH is 1. The van der Waals surface area contributed by atoms with Gasteiger partial charge >= 0.3 is 0 Å². The standard InChI is InChI=1S/C15H14ClN3O2/c1-8(20)15-18-12-4-3-9(5-13(12)19-15)10-6-14(21-2)17-7-11(10)16/h3-8,20H,1-2H3,(H,18,19)/t8-/m1/s1. The predicted molar refractivity (Wildman–Crippen MR) is 81.5 cm³/mol. The van der Waals surface area contributed by atoms with Crippen molar-refractivity contribution < 1.29 is 9.84 Å². The second kappa shape index (κ2) is 5.35. The normalized spacial score (nSPS) is 12.6. The smallest absolute Gasteiger partial charge is 0.213 e. The molecule has 5 nitrogen and oxygen atoms in total. The maximum absolute atomic E-state index is 9.58. The molecule has 6 heteroatoms. The molecule has 0 radical (unpaired) electrons. The summed E-state index contributed by atoms with van der Waals surface area (Å²) in [5.41, 5.74) is 3.40. The molecule has 0 amide bonds. The van der Waals surface area contributed by atoms with Crippen LogP contribution in [0.1, 0.15) is 18.9 Å². The molecule has 3 rings (SSSR count). The molecule has 0 aliphatic rings. The Morgan fingerprint density at radius 1 is 1.33 bits per heavy atom. The number of halogens is 1. The first-order valence-corrected chi connectivity index (χ1v) is 6.84. The summed E-state index contributed by atoms with van der Waals surface area (Å²) in [7, 11) is 1.56. The maximum atomic E-state index is 9.58. The van der Waals surface area contributed by atoms with E-state index in [1.165, 1.54) is 0 Å². The Morgan fingerprint density at radius 3 is 2.86 bits per heavy atom. The Bertz CT molecular complexity index is 799. The van der Waals surface area contributed by atoms with Crippen LogP contribution < -0.4 is 4.74 Å². The van der Waals surface area contributed by atoms with Gasteiger partial charge in [0.25, 0.3) is 0 Å². The van der Waals surface area contributed by atoms with Crippen LogP contribution in [0.4, 0.5) is 0 Å². The van der Waals surface area contributed by atoms with Gasteiger partial charge in [-0.15, -0.1) is 0 Å². The number of fused-ring (bicyclic) bond motifs is 1. The van der Waals surface area contributed by atoms with E-state index in [4.69, 9.17) is 16.3 Å². The summed E-state index contributed by atoms with van der Waals surface area (Å²) in [5, 5.41) is 10.1. The minimum Gasteiger partial charge on any atom is -0.481 e. The summed E-state index contributed by atoms with van der Waals surface area (Å²) < 4.78 is 5.13. The van der Waals surface area contributed by atoms with E-state index in [1.807, 2.05) is 18.2 Å². The third kappa shape index (κ3) is 2.57. The summed E-state index contributed by atoms with van der Waals surface area (Å²) >= 11 is 6.21. The van der Waals surface area contributed by atoms with Crippen molar-refractivity contribution >= 4 is 22.6 Å². The van der Waals surface area contributed by atoms with Crippen molar-refractivity contribution in [3.63, 3.8) is 0 Å². The second-order valence-electron chi connectivity index (χ2n) is 4.74. The van der Waals surface area contributed by atoms with Crippen molar-refractivity contribution in [2.24, 2.45) is 0 Å². The van der Waals surface area contributed by atoms with Crippen molar-refractivity contribution in [3.8, 4) is 17.0 Å². The van der Waals surface area contributed by atoms with Crippen molar-refractivity contribution in [2.75, 3.05) is 7.11 Å². The van der Waals surface area contributed by atoms with Gasteiger partial charge < -0.3 is 14.8 Å². The van der Waals surface area contributed by atoms with Crippen LogP contribution in [0.2, 0.25) is 5.02 Å². The molecule has 1 atom stereocenters. The van der Waals surface area contributed by atoms with Gasteiger partial charge in [0.05, 0.1) is 29.4 Å². The average molecular weight is 304 g/mol. The average Bonchev–Trinajstić information content (AvgIpc) is 2.91. The van der Waals surface area contributed by atoms with E-state index in [0.717, 1.165) is 22.2 Å². The molecule has 21 heavy (non-hydrogen) atoms. The fraction of sp³-hybridized carbons (Fsp3) is 0.200. The first-order valence-electron chi connectivity index (χ1n) is 6.46. The van der Waals surface area contributed by atoms with Crippen LogP contribution in [0.25, 0.3) is 22.2 Å². The molecule has 0 aliphatic carbocycles. The Morgan fingerprint density at radius 2 is 2.14 bits per heavy atom. The first-order chi connectivity index (χ1) is 10.1. The van der Waals surface area contributed by atoms with E-state index in [9.17, 15) is 5.11 Å². The molecule has 1 aromatic carbocycles. The highest BCUT2D eigenvalue weighted by Crippen LogP contribution is 2.31. The van der Waals surface area contributed by atoms with Crippen LogP contribution in [0, 0.1) is 0 Å². The molecule has 3 aromatic rings. The van der Waals surface area contributed by atoms with Crippen LogP contribution in [0.3, 0.4) is 0 Å². The third-order valence-electron chi connectivity index (χ3n) is 3.25. The van der Waals surface area contributed by atoms with Gasteiger partial charge in [0, 0.05) is 11.6 Å². The van der Waals surface area contributed by atoms with E-state index >= 15 is 0 Å². The SMILES string of the molecule is COc1cc(-c2ccc3nc([C@@H](C)O)[nH]c3c2)c(Cl)cn1. The molecule has 108 valence electrons. The lowest BCUT2D eigenvalue weighted by Crippen LogP contribution is -1.92. The number of methoxy groups -OCH3 is 1. The molecule has 0 bridgehead atoms. The Hall–Kier alpha value is -2.11. The van der Waals surface area contributed by atoms with Crippen LogP contribution >= 0.6 is 11.6 Å². The molecule has 2 aromatic heterocycles. The number of ether oxygens (including phenoxy) is 1.